The largest absolute Gasteiger partial charge is 0.308 e. The molecule has 52 heavy (non-hydrogen) atoms. The molecule has 10 aromatic rings. The molecular weight excluding hydrogens is 629 g/mol. The van der Waals surface area contributed by atoms with Crippen LogP contribution in [0.5, 0.6) is 0 Å². The van der Waals surface area contributed by atoms with Crippen LogP contribution in [0.25, 0.3) is 82.4 Å². The molecule has 1 aliphatic rings. The number of hydrogen-bond acceptors (Lipinski definition) is 1. The highest BCUT2D eigenvalue weighted by Gasteiger charge is 2.26. The molecule has 11 rings (SSSR count). The number of para-hydroxylation sites is 3. The zero-order valence-corrected chi connectivity index (χ0v) is 28.4. The minimum atomic E-state index is 1.10. The molecule has 1 heterocycles. The van der Waals surface area contributed by atoms with E-state index in [2.05, 4.69) is 204 Å². The summed E-state index contributed by atoms with van der Waals surface area (Å²) in [5.41, 5.74) is 14.4. The van der Waals surface area contributed by atoms with Crippen LogP contribution in [0.1, 0.15) is 0 Å². The molecule has 0 unspecified atom stereocenters. The lowest BCUT2D eigenvalue weighted by molar-refractivity contribution is 1.15. The van der Waals surface area contributed by atoms with Gasteiger partial charge in [-0.3, -0.25) is 0 Å². The lowest BCUT2D eigenvalue weighted by Crippen LogP contribution is -2.13. The molecule has 0 fully saturated rings. The summed E-state index contributed by atoms with van der Waals surface area (Å²) in [6.07, 6.45) is 0. The van der Waals surface area contributed by atoms with Gasteiger partial charge in [0, 0.05) is 22.1 Å². The maximum absolute atomic E-state index is 2.49. The van der Waals surface area contributed by atoms with Gasteiger partial charge in [-0.25, -0.2) is 0 Å². The van der Waals surface area contributed by atoms with Gasteiger partial charge in [0.2, 0.25) is 0 Å². The fourth-order valence-corrected chi connectivity index (χ4v) is 8.61. The molecule has 242 valence electrons. The van der Waals surface area contributed by atoms with Gasteiger partial charge in [0.25, 0.3) is 0 Å². The molecule has 0 bridgehead atoms. The van der Waals surface area contributed by atoms with Crippen LogP contribution >= 0.6 is 0 Å². The first-order valence-electron chi connectivity index (χ1n) is 17.9. The predicted molar refractivity (Wildman–Crippen MR) is 220 cm³/mol. The van der Waals surface area contributed by atoms with Crippen molar-refractivity contribution in [3.05, 3.63) is 194 Å². The molecule has 1 aliphatic carbocycles. The Hall–Kier alpha value is -6.90. The van der Waals surface area contributed by atoms with Crippen LogP contribution < -0.4 is 4.90 Å². The smallest absolute Gasteiger partial charge is 0.0702 e. The lowest BCUT2D eigenvalue weighted by atomic mass is 9.93. The molecule has 1 aromatic heterocycles. The second-order valence-corrected chi connectivity index (χ2v) is 13.7. The van der Waals surface area contributed by atoms with Crippen LogP contribution in [-0.4, -0.2) is 4.57 Å². The summed E-state index contributed by atoms with van der Waals surface area (Å²) in [5.74, 6) is 0. The quantitative estimate of drug-likeness (QED) is 0.178. The van der Waals surface area contributed by atoms with Crippen LogP contribution in [0.4, 0.5) is 17.1 Å². The highest BCUT2D eigenvalue weighted by Crippen LogP contribution is 2.50. The second-order valence-electron chi connectivity index (χ2n) is 13.7. The molecule has 2 nitrogen and oxygen atoms in total. The van der Waals surface area contributed by atoms with E-state index < -0.39 is 0 Å². The van der Waals surface area contributed by atoms with Crippen LogP contribution in [0.2, 0.25) is 0 Å². The summed E-state index contributed by atoms with van der Waals surface area (Å²) in [4.78, 5) is 2.40. The molecule has 0 saturated carbocycles. The first-order valence-corrected chi connectivity index (χ1v) is 17.9. The second kappa shape index (κ2) is 11.3. The summed E-state index contributed by atoms with van der Waals surface area (Å²) >= 11 is 0. The summed E-state index contributed by atoms with van der Waals surface area (Å²) in [5, 5.41) is 7.72. The minimum Gasteiger partial charge on any atom is -0.308 e. The molecule has 0 aliphatic heterocycles. The summed E-state index contributed by atoms with van der Waals surface area (Å²) < 4.78 is 2.49. The maximum atomic E-state index is 2.49. The lowest BCUT2D eigenvalue weighted by Gasteiger charge is -2.28. The van der Waals surface area contributed by atoms with Crippen LogP contribution in [0.3, 0.4) is 0 Å². The maximum Gasteiger partial charge on any atom is 0.0702 e. The molecule has 0 spiro atoms. The third-order valence-corrected chi connectivity index (χ3v) is 10.9. The Morgan fingerprint density at radius 2 is 0.904 bits per heavy atom. The van der Waals surface area contributed by atoms with Crippen LogP contribution in [0.15, 0.2) is 194 Å². The third kappa shape index (κ3) is 4.25. The molecule has 0 radical (unpaired) electrons. The van der Waals surface area contributed by atoms with Gasteiger partial charge in [0.05, 0.1) is 22.4 Å². The van der Waals surface area contributed by atoms with Gasteiger partial charge in [-0.2, -0.15) is 0 Å². The Bertz CT molecular complexity index is 3010. The molecule has 0 saturated heterocycles. The van der Waals surface area contributed by atoms with Gasteiger partial charge in [-0.05, 0) is 110 Å². The molecule has 2 heteroatoms. The number of hydrogen-bond donors (Lipinski definition) is 0. The number of nitrogens with zero attached hydrogens (tertiary/aromatic N) is 2. The van der Waals surface area contributed by atoms with Crippen molar-refractivity contribution in [2.45, 2.75) is 0 Å². The van der Waals surface area contributed by atoms with E-state index in [1.54, 1.807) is 0 Å². The Balaban J connectivity index is 1.15. The average molecular weight is 661 g/mol. The van der Waals surface area contributed by atoms with Gasteiger partial charge in [-0.1, -0.05) is 140 Å². The molecule has 0 amide bonds. The summed E-state index contributed by atoms with van der Waals surface area (Å²) in [6, 6.07) is 71.0. The van der Waals surface area contributed by atoms with Gasteiger partial charge in [0.15, 0.2) is 0 Å². The average Bonchev–Trinajstić information content (AvgIpc) is 3.49. The Labute approximate surface area is 302 Å². The molecular formula is C50H32N2. The van der Waals surface area contributed by atoms with Crippen molar-refractivity contribution in [1.82, 2.24) is 4.57 Å². The number of benzene rings is 9. The summed E-state index contributed by atoms with van der Waals surface area (Å²) in [6.45, 7) is 0. The first-order chi connectivity index (χ1) is 25.8. The van der Waals surface area contributed by atoms with Gasteiger partial charge in [0.1, 0.15) is 0 Å². The summed E-state index contributed by atoms with van der Waals surface area (Å²) in [7, 11) is 0. The van der Waals surface area contributed by atoms with E-state index >= 15 is 0 Å². The fraction of sp³-hybridized carbons (Fsp3) is 0. The minimum absolute atomic E-state index is 1.10. The van der Waals surface area contributed by atoms with Crippen molar-refractivity contribution < 1.29 is 0 Å². The van der Waals surface area contributed by atoms with Crippen molar-refractivity contribution >= 4 is 60.4 Å². The van der Waals surface area contributed by atoms with Gasteiger partial charge >= 0.3 is 0 Å². The van der Waals surface area contributed by atoms with E-state index in [-0.39, 0.29) is 0 Å². The van der Waals surface area contributed by atoms with Crippen molar-refractivity contribution in [3.63, 3.8) is 0 Å². The SMILES string of the molecule is c1ccc(N(c2ccc(-c3ccc4ccccc4c3)cc2)c2ccccc2-n2c3cccc4c3c3c5c(cccc5ccc32)-c2ccccc2-4)cc1. The predicted octanol–water partition coefficient (Wildman–Crippen LogP) is 13.9. The number of rotatable bonds is 5. The van der Waals surface area contributed by atoms with E-state index in [0.717, 1.165) is 22.7 Å². The number of fused-ring (bicyclic) bond motifs is 4. The fourth-order valence-electron chi connectivity index (χ4n) is 8.61. The number of aromatic nitrogens is 1. The van der Waals surface area contributed by atoms with Crippen molar-refractivity contribution in [2.24, 2.45) is 0 Å². The van der Waals surface area contributed by atoms with Crippen LogP contribution in [0, 0.1) is 0 Å². The van der Waals surface area contributed by atoms with Crippen LogP contribution in [-0.2, 0) is 0 Å². The third-order valence-electron chi connectivity index (χ3n) is 10.9. The van der Waals surface area contributed by atoms with Crippen molar-refractivity contribution in [2.75, 3.05) is 4.90 Å². The highest BCUT2D eigenvalue weighted by atomic mass is 15.2. The normalized spacial score (nSPS) is 11.8. The zero-order valence-electron chi connectivity index (χ0n) is 28.4. The Morgan fingerprint density at radius 3 is 1.73 bits per heavy atom. The van der Waals surface area contributed by atoms with E-state index in [4.69, 9.17) is 0 Å². The molecule has 9 aromatic carbocycles. The first kappa shape index (κ1) is 28.9. The van der Waals surface area contributed by atoms with Gasteiger partial charge in [-0.15, -0.1) is 0 Å². The Morgan fingerprint density at radius 1 is 0.327 bits per heavy atom. The standard InChI is InChI=1S/C50H32N2/c1-2-15-38(16-3-1)51(39-29-26-34(27-30-39)37-25-24-33-12-4-5-13-36(33)32-37)44-21-8-9-22-45(44)52-46-23-11-20-43-41-18-7-6-17-40(41)42-19-10-14-35-28-31-47(52)50(48(35)42)49(43)46/h1-32H. The monoisotopic (exact) mass is 660 g/mol. The van der Waals surface area contributed by atoms with E-state index in [0.29, 0.717) is 0 Å². The zero-order chi connectivity index (χ0) is 34.2. The molecule has 0 atom stereocenters. The van der Waals surface area contributed by atoms with Gasteiger partial charge < -0.3 is 9.47 Å². The van der Waals surface area contributed by atoms with E-state index in [1.807, 2.05) is 0 Å². The highest BCUT2D eigenvalue weighted by molar-refractivity contribution is 6.30. The molecule has 0 N–H and O–H groups in total. The van der Waals surface area contributed by atoms with E-state index in [9.17, 15) is 0 Å². The van der Waals surface area contributed by atoms with E-state index in [1.165, 1.54) is 76.7 Å². The Kier molecular flexibility index (Phi) is 6.28. The number of anilines is 3. The van der Waals surface area contributed by atoms with Crippen molar-refractivity contribution in [3.8, 4) is 39.1 Å². The van der Waals surface area contributed by atoms with Crippen molar-refractivity contribution in [1.29, 1.82) is 0 Å². The topological polar surface area (TPSA) is 8.17 Å².